The molecule has 0 spiro atoms. The Hall–Kier alpha value is -1.74. The van der Waals surface area contributed by atoms with Crippen LogP contribution in [0.4, 0.5) is 4.39 Å². The number of benzene rings is 2. The lowest BCUT2D eigenvalue weighted by Gasteiger charge is -2.06. The van der Waals surface area contributed by atoms with Gasteiger partial charge >= 0.3 is 0 Å². The molecule has 0 saturated heterocycles. The van der Waals surface area contributed by atoms with E-state index < -0.39 is 5.82 Å². The van der Waals surface area contributed by atoms with Crippen molar-refractivity contribution in [1.29, 1.82) is 0 Å². The van der Waals surface area contributed by atoms with Gasteiger partial charge in [-0.05, 0) is 36.4 Å². The van der Waals surface area contributed by atoms with Crippen molar-refractivity contribution in [2.24, 2.45) is 0 Å². The first-order chi connectivity index (χ1) is 7.65. The molecule has 0 fully saturated rings. The Bertz CT molecular complexity index is 497. The van der Waals surface area contributed by atoms with Crippen LogP contribution in [0.2, 0.25) is 5.02 Å². The maximum atomic E-state index is 12.9. The Balaban J connectivity index is 2.20. The van der Waals surface area contributed by atoms with Gasteiger partial charge in [0, 0.05) is 6.07 Å². The van der Waals surface area contributed by atoms with Crippen LogP contribution in [0.15, 0.2) is 42.5 Å². The molecule has 0 amide bonds. The van der Waals surface area contributed by atoms with Crippen LogP contribution in [-0.2, 0) is 0 Å². The molecule has 0 aliphatic heterocycles. The topological polar surface area (TPSA) is 29.5 Å². The summed E-state index contributed by atoms with van der Waals surface area (Å²) in [5.74, 6) is 0.654. The summed E-state index contributed by atoms with van der Waals surface area (Å²) < 4.78 is 18.3. The highest BCUT2D eigenvalue weighted by Crippen LogP contribution is 2.26. The van der Waals surface area contributed by atoms with Gasteiger partial charge in [0.25, 0.3) is 0 Å². The third-order valence-corrected chi connectivity index (χ3v) is 2.25. The van der Waals surface area contributed by atoms with Crippen molar-refractivity contribution < 1.29 is 14.2 Å². The van der Waals surface area contributed by atoms with Crippen LogP contribution in [0.3, 0.4) is 0 Å². The minimum atomic E-state index is -0.486. The molecule has 0 atom stereocenters. The summed E-state index contributed by atoms with van der Waals surface area (Å²) in [4.78, 5) is 0. The molecule has 0 unspecified atom stereocenters. The van der Waals surface area contributed by atoms with Gasteiger partial charge < -0.3 is 9.84 Å². The van der Waals surface area contributed by atoms with Gasteiger partial charge in [-0.2, -0.15) is 0 Å². The van der Waals surface area contributed by atoms with E-state index in [1.54, 1.807) is 12.1 Å². The molecule has 0 radical (unpaired) electrons. The first kappa shape index (κ1) is 10.8. The van der Waals surface area contributed by atoms with Crippen molar-refractivity contribution in [3.05, 3.63) is 53.3 Å². The second-order valence-corrected chi connectivity index (χ2v) is 3.58. The zero-order chi connectivity index (χ0) is 11.5. The predicted octanol–water partition coefficient (Wildman–Crippen LogP) is 3.98. The number of rotatable bonds is 2. The number of aromatic hydroxyl groups is 1. The molecule has 0 saturated carbocycles. The van der Waals surface area contributed by atoms with E-state index in [9.17, 15) is 4.39 Å². The van der Waals surface area contributed by atoms with Crippen LogP contribution in [0.25, 0.3) is 0 Å². The summed E-state index contributed by atoms with van der Waals surface area (Å²) in [5.41, 5.74) is 0. The monoisotopic (exact) mass is 238 g/mol. The van der Waals surface area contributed by atoms with Crippen LogP contribution in [-0.4, -0.2) is 5.11 Å². The molecule has 82 valence electrons. The molecule has 4 heteroatoms. The molecule has 2 aromatic carbocycles. The molecule has 2 nitrogen and oxygen atoms in total. The van der Waals surface area contributed by atoms with E-state index in [1.807, 2.05) is 0 Å². The number of hydrogen-bond donors (Lipinski definition) is 1. The Morgan fingerprint density at radius 2 is 1.62 bits per heavy atom. The van der Waals surface area contributed by atoms with Gasteiger partial charge in [0.15, 0.2) is 0 Å². The zero-order valence-electron chi connectivity index (χ0n) is 8.15. The average molecular weight is 239 g/mol. The highest BCUT2D eigenvalue weighted by atomic mass is 35.5. The molecule has 0 aliphatic rings. The van der Waals surface area contributed by atoms with Crippen molar-refractivity contribution in [2.45, 2.75) is 0 Å². The molecule has 0 heterocycles. The smallest absolute Gasteiger partial charge is 0.142 e. The third kappa shape index (κ3) is 2.44. The van der Waals surface area contributed by atoms with Crippen LogP contribution in [0.5, 0.6) is 17.2 Å². The van der Waals surface area contributed by atoms with Crippen molar-refractivity contribution >= 4 is 11.6 Å². The maximum Gasteiger partial charge on any atom is 0.142 e. The van der Waals surface area contributed by atoms with E-state index in [0.717, 1.165) is 0 Å². The van der Waals surface area contributed by atoms with Crippen molar-refractivity contribution in [3.8, 4) is 17.2 Å². The van der Waals surface area contributed by atoms with Crippen molar-refractivity contribution in [1.82, 2.24) is 0 Å². The summed E-state index contributed by atoms with van der Waals surface area (Å²) in [6.45, 7) is 0. The van der Waals surface area contributed by atoms with Gasteiger partial charge in [0.1, 0.15) is 23.1 Å². The van der Waals surface area contributed by atoms with Crippen LogP contribution in [0.1, 0.15) is 0 Å². The summed E-state index contributed by atoms with van der Waals surface area (Å²) in [5, 5.41) is 9.09. The predicted molar refractivity (Wildman–Crippen MR) is 59.6 cm³/mol. The molecular formula is C12H8ClFO2. The third-order valence-electron chi connectivity index (χ3n) is 1.96. The number of hydrogen-bond acceptors (Lipinski definition) is 2. The highest BCUT2D eigenvalue weighted by molar-refractivity contribution is 6.30. The Morgan fingerprint density at radius 1 is 1.00 bits per heavy atom. The second kappa shape index (κ2) is 4.41. The number of phenols is 1. The largest absolute Gasteiger partial charge is 0.508 e. The van der Waals surface area contributed by atoms with Gasteiger partial charge in [-0.3, -0.25) is 0 Å². The molecule has 2 rings (SSSR count). The van der Waals surface area contributed by atoms with E-state index in [4.69, 9.17) is 21.4 Å². The number of ether oxygens (including phenoxy) is 1. The lowest BCUT2D eigenvalue weighted by molar-refractivity contribution is 0.464. The lowest BCUT2D eigenvalue weighted by Crippen LogP contribution is -1.85. The quantitative estimate of drug-likeness (QED) is 0.858. The number of phenolic OH excluding ortho intramolecular Hbond substituents is 1. The highest BCUT2D eigenvalue weighted by Gasteiger charge is 2.02. The standard InChI is InChI=1S/C12H8ClFO2/c13-11-7-10(5-6-12(11)14)16-9-3-1-8(15)2-4-9/h1-7,15H. The Kier molecular flexibility index (Phi) is 2.97. The van der Waals surface area contributed by atoms with Gasteiger partial charge in [-0.15, -0.1) is 0 Å². The SMILES string of the molecule is Oc1ccc(Oc2ccc(F)c(Cl)c2)cc1. The van der Waals surface area contributed by atoms with Gasteiger partial charge in [-0.25, -0.2) is 4.39 Å². The van der Waals surface area contributed by atoms with E-state index in [-0.39, 0.29) is 10.8 Å². The Labute approximate surface area is 96.9 Å². The van der Waals surface area contributed by atoms with Gasteiger partial charge in [0.05, 0.1) is 5.02 Å². The minimum Gasteiger partial charge on any atom is -0.508 e. The first-order valence-electron chi connectivity index (χ1n) is 4.57. The fraction of sp³-hybridized carbons (Fsp3) is 0. The summed E-state index contributed by atoms with van der Waals surface area (Å²) in [6.07, 6.45) is 0. The summed E-state index contributed by atoms with van der Waals surface area (Å²) >= 11 is 5.61. The normalized spacial score (nSPS) is 10.1. The van der Waals surface area contributed by atoms with E-state index in [2.05, 4.69) is 0 Å². The molecule has 1 N–H and O–H groups in total. The molecule has 2 aromatic rings. The zero-order valence-corrected chi connectivity index (χ0v) is 8.91. The van der Waals surface area contributed by atoms with Crippen LogP contribution >= 0.6 is 11.6 Å². The summed E-state index contributed by atoms with van der Waals surface area (Å²) in [6, 6.07) is 10.3. The average Bonchev–Trinajstić information content (AvgIpc) is 2.27. The van der Waals surface area contributed by atoms with Gasteiger partial charge in [0.2, 0.25) is 0 Å². The molecule has 0 aromatic heterocycles. The van der Waals surface area contributed by atoms with Crippen molar-refractivity contribution in [3.63, 3.8) is 0 Å². The Morgan fingerprint density at radius 3 is 2.25 bits per heavy atom. The molecular weight excluding hydrogens is 231 g/mol. The molecule has 0 aliphatic carbocycles. The first-order valence-corrected chi connectivity index (χ1v) is 4.95. The fourth-order valence-electron chi connectivity index (χ4n) is 1.19. The van der Waals surface area contributed by atoms with E-state index >= 15 is 0 Å². The van der Waals surface area contributed by atoms with Crippen LogP contribution < -0.4 is 4.74 Å². The summed E-state index contributed by atoms with van der Waals surface area (Å²) in [7, 11) is 0. The molecule has 0 bridgehead atoms. The fourth-order valence-corrected chi connectivity index (χ4v) is 1.36. The van der Waals surface area contributed by atoms with Crippen molar-refractivity contribution in [2.75, 3.05) is 0 Å². The van der Waals surface area contributed by atoms with E-state index in [1.165, 1.54) is 30.3 Å². The maximum absolute atomic E-state index is 12.9. The van der Waals surface area contributed by atoms with Crippen LogP contribution in [0, 0.1) is 5.82 Å². The number of halogens is 2. The molecule has 16 heavy (non-hydrogen) atoms. The second-order valence-electron chi connectivity index (χ2n) is 3.17. The van der Waals surface area contributed by atoms with Gasteiger partial charge in [-0.1, -0.05) is 11.6 Å². The minimum absolute atomic E-state index is 0.0104. The lowest BCUT2D eigenvalue weighted by atomic mass is 10.3. The van der Waals surface area contributed by atoms with E-state index in [0.29, 0.717) is 11.5 Å².